The lowest BCUT2D eigenvalue weighted by atomic mass is 10.1. The maximum Gasteiger partial charge on any atom is 0.335 e. The molecular formula is C11H19O4. The molecule has 0 N–H and O–H groups in total. The molecule has 0 bridgehead atoms. The highest BCUT2D eigenvalue weighted by Gasteiger charge is 2.28. The van der Waals surface area contributed by atoms with E-state index >= 15 is 0 Å². The number of hydrogen-bond acceptors (Lipinski definition) is 3. The molecule has 1 heterocycles. The van der Waals surface area contributed by atoms with Gasteiger partial charge in [0.1, 0.15) is 0 Å². The Kier molecular flexibility index (Phi) is 5.65. The monoisotopic (exact) mass is 215 g/mol. The highest BCUT2D eigenvalue weighted by atomic mass is 16.6. The molecule has 87 valence electrons. The average molecular weight is 215 g/mol. The third-order valence-electron chi connectivity index (χ3n) is 2.48. The lowest BCUT2D eigenvalue weighted by molar-refractivity contribution is -0.209. The van der Waals surface area contributed by atoms with Crippen LogP contribution in [0.4, 0.5) is 0 Å². The number of rotatable bonds is 5. The molecule has 0 aromatic heterocycles. The largest absolute Gasteiger partial charge is 0.464 e. The summed E-state index contributed by atoms with van der Waals surface area (Å²) >= 11 is 0. The minimum atomic E-state index is -1.05. The molecule has 15 heavy (non-hydrogen) atoms. The van der Waals surface area contributed by atoms with Crippen LogP contribution < -0.4 is 0 Å². The minimum Gasteiger partial charge on any atom is -0.464 e. The molecule has 4 nitrogen and oxygen atoms in total. The highest BCUT2D eigenvalue weighted by Crippen LogP contribution is 2.18. The smallest absolute Gasteiger partial charge is 0.335 e. The zero-order valence-corrected chi connectivity index (χ0v) is 9.24. The van der Waals surface area contributed by atoms with Crippen molar-refractivity contribution in [3.8, 4) is 0 Å². The van der Waals surface area contributed by atoms with Gasteiger partial charge in [-0.1, -0.05) is 19.8 Å². The summed E-state index contributed by atoms with van der Waals surface area (Å²) in [6.45, 7) is 2.53. The van der Waals surface area contributed by atoms with Gasteiger partial charge in [0.25, 0.3) is 0 Å². The van der Waals surface area contributed by atoms with Crippen LogP contribution >= 0.6 is 0 Å². The van der Waals surface area contributed by atoms with E-state index in [1.165, 1.54) is 0 Å². The zero-order valence-electron chi connectivity index (χ0n) is 9.24. The van der Waals surface area contributed by atoms with Crippen molar-refractivity contribution in [3.63, 3.8) is 0 Å². The van der Waals surface area contributed by atoms with E-state index in [0.29, 0.717) is 19.4 Å². The Bertz CT molecular complexity index is 193. The highest BCUT2D eigenvalue weighted by molar-refractivity contribution is 5.74. The topological polar surface area (TPSA) is 55.4 Å². The van der Waals surface area contributed by atoms with Crippen LogP contribution in [0, 0.1) is 0 Å². The summed E-state index contributed by atoms with van der Waals surface area (Å²) in [5.74, 6) is -0.369. The number of unbranched alkanes of at least 4 members (excludes halogenated alkanes) is 2. The normalized spacial score (nSPS) is 26.3. The second-order valence-electron chi connectivity index (χ2n) is 3.86. The summed E-state index contributed by atoms with van der Waals surface area (Å²) in [6.07, 6.45) is 3.24. The van der Waals surface area contributed by atoms with Crippen LogP contribution in [-0.4, -0.2) is 25.0 Å². The van der Waals surface area contributed by atoms with Gasteiger partial charge in [-0.05, 0) is 19.3 Å². The third kappa shape index (κ3) is 4.62. The molecule has 0 aromatic carbocycles. The Morgan fingerprint density at radius 2 is 2.20 bits per heavy atom. The van der Waals surface area contributed by atoms with Gasteiger partial charge in [0.2, 0.25) is 0 Å². The van der Waals surface area contributed by atoms with Crippen LogP contribution in [0.3, 0.4) is 0 Å². The Balaban J connectivity index is 2.15. The van der Waals surface area contributed by atoms with Gasteiger partial charge < -0.3 is 9.47 Å². The second-order valence-corrected chi connectivity index (χ2v) is 3.86. The minimum absolute atomic E-state index is 0.369. The van der Waals surface area contributed by atoms with E-state index in [1.807, 2.05) is 0 Å². The van der Waals surface area contributed by atoms with Crippen molar-refractivity contribution in [2.24, 2.45) is 0 Å². The van der Waals surface area contributed by atoms with Crippen molar-refractivity contribution in [1.29, 1.82) is 0 Å². The van der Waals surface area contributed by atoms with Gasteiger partial charge in [-0.15, -0.1) is 0 Å². The number of ether oxygens (including phenoxy) is 2. The van der Waals surface area contributed by atoms with Crippen molar-refractivity contribution in [2.45, 2.75) is 57.8 Å². The van der Waals surface area contributed by atoms with E-state index in [2.05, 4.69) is 6.92 Å². The van der Waals surface area contributed by atoms with Crippen molar-refractivity contribution >= 4 is 5.97 Å². The maximum absolute atomic E-state index is 11.4. The summed E-state index contributed by atoms with van der Waals surface area (Å²) in [5, 5.41) is 11.0. The molecule has 0 amide bonds. The molecule has 0 saturated carbocycles. The van der Waals surface area contributed by atoms with Crippen LogP contribution in [0.25, 0.3) is 0 Å². The Labute approximate surface area is 90.6 Å². The molecule has 4 heteroatoms. The SMILES string of the molecule is CCCCCOC(=O)C1CCCC([O])O1. The van der Waals surface area contributed by atoms with E-state index in [9.17, 15) is 9.90 Å². The van der Waals surface area contributed by atoms with Gasteiger partial charge in [-0.3, -0.25) is 0 Å². The standard InChI is InChI=1S/C11H19O4/c1-2-3-4-8-14-11(13)9-6-5-7-10(12)15-9/h9-10H,2-8H2,1H3. The molecule has 0 spiro atoms. The molecule has 1 aliphatic rings. The van der Waals surface area contributed by atoms with E-state index in [-0.39, 0.29) is 5.97 Å². The Morgan fingerprint density at radius 3 is 2.87 bits per heavy atom. The first kappa shape index (κ1) is 12.5. The molecule has 0 aromatic rings. The van der Waals surface area contributed by atoms with Crippen LogP contribution in [-0.2, 0) is 19.4 Å². The lowest BCUT2D eigenvalue weighted by Crippen LogP contribution is -2.34. The Morgan fingerprint density at radius 1 is 1.40 bits per heavy atom. The molecule has 1 fully saturated rings. The van der Waals surface area contributed by atoms with E-state index in [4.69, 9.17) is 9.47 Å². The predicted molar refractivity (Wildman–Crippen MR) is 53.7 cm³/mol. The van der Waals surface area contributed by atoms with Crippen molar-refractivity contribution in [3.05, 3.63) is 0 Å². The fourth-order valence-corrected chi connectivity index (χ4v) is 1.58. The number of hydrogen-bond donors (Lipinski definition) is 0. The number of carbonyl (C=O) groups excluding carboxylic acids is 1. The number of esters is 1. The summed E-state index contributed by atoms with van der Waals surface area (Å²) in [5.41, 5.74) is 0. The third-order valence-corrected chi connectivity index (χ3v) is 2.48. The summed E-state index contributed by atoms with van der Waals surface area (Å²) in [6, 6.07) is 0. The maximum atomic E-state index is 11.4. The molecule has 1 aliphatic heterocycles. The van der Waals surface area contributed by atoms with Gasteiger partial charge in [0, 0.05) is 6.42 Å². The fraction of sp³-hybridized carbons (Fsp3) is 0.909. The van der Waals surface area contributed by atoms with Crippen LogP contribution in [0.15, 0.2) is 0 Å². The van der Waals surface area contributed by atoms with Crippen LogP contribution in [0.5, 0.6) is 0 Å². The Hall–Kier alpha value is -0.610. The van der Waals surface area contributed by atoms with Crippen molar-refractivity contribution < 1.29 is 19.4 Å². The summed E-state index contributed by atoms with van der Waals surface area (Å²) in [7, 11) is 0. The quantitative estimate of drug-likeness (QED) is 0.521. The lowest BCUT2D eigenvalue weighted by Gasteiger charge is -2.23. The van der Waals surface area contributed by atoms with Gasteiger partial charge in [-0.2, -0.15) is 0 Å². The van der Waals surface area contributed by atoms with Crippen LogP contribution in [0.2, 0.25) is 0 Å². The van der Waals surface area contributed by atoms with E-state index in [1.54, 1.807) is 0 Å². The zero-order chi connectivity index (χ0) is 11.1. The van der Waals surface area contributed by atoms with Gasteiger partial charge in [0.05, 0.1) is 6.61 Å². The average Bonchev–Trinajstić information content (AvgIpc) is 2.24. The molecule has 1 radical (unpaired) electrons. The van der Waals surface area contributed by atoms with Crippen molar-refractivity contribution in [2.75, 3.05) is 6.61 Å². The summed E-state index contributed by atoms with van der Waals surface area (Å²) < 4.78 is 10.0. The first-order chi connectivity index (χ1) is 7.24. The molecular weight excluding hydrogens is 196 g/mol. The first-order valence-corrected chi connectivity index (χ1v) is 5.72. The van der Waals surface area contributed by atoms with Gasteiger partial charge >= 0.3 is 5.97 Å². The first-order valence-electron chi connectivity index (χ1n) is 5.72. The fourth-order valence-electron chi connectivity index (χ4n) is 1.58. The summed E-state index contributed by atoms with van der Waals surface area (Å²) in [4.78, 5) is 11.4. The van der Waals surface area contributed by atoms with Gasteiger partial charge in [0.15, 0.2) is 12.4 Å². The van der Waals surface area contributed by atoms with E-state index < -0.39 is 12.4 Å². The van der Waals surface area contributed by atoms with Crippen LogP contribution in [0.1, 0.15) is 45.4 Å². The molecule has 2 unspecified atom stereocenters. The molecule has 1 rings (SSSR count). The number of carbonyl (C=O) groups is 1. The molecule has 0 aliphatic carbocycles. The van der Waals surface area contributed by atoms with Crippen molar-refractivity contribution in [1.82, 2.24) is 0 Å². The predicted octanol–water partition coefficient (Wildman–Crippen LogP) is 2.05. The molecule has 1 saturated heterocycles. The molecule has 2 atom stereocenters. The van der Waals surface area contributed by atoms with E-state index in [0.717, 1.165) is 25.7 Å². The van der Waals surface area contributed by atoms with Gasteiger partial charge in [-0.25, -0.2) is 9.90 Å². The second kappa shape index (κ2) is 6.80.